The molecule has 6 aliphatic rings. The molecule has 6 rings (SSSR count). The number of fused-ring (bicyclic) bond motifs is 1. The van der Waals surface area contributed by atoms with Crippen LogP contribution in [0.1, 0.15) is 45.4 Å². The van der Waals surface area contributed by atoms with Gasteiger partial charge in [-0.1, -0.05) is 0 Å². The Labute approximate surface area is 293 Å². The highest BCUT2D eigenvalue weighted by Gasteiger charge is 2.56. The van der Waals surface area contributed by atoms with E-state index >= 15 is 0 Å². The summed E-state index contributed by atoms with van der Waals surface area (Å²) in [4.78, 5) is 0. The molecule has 0 aromatic rings. The number of aliphatic hydroxyl groups excluding tert-OH is 12. The zero-order chi connectivity index (χ0) is 36.9. The highest BCUT2D eigenvalue weighted by atomic mass is 16.8. The van der Waals surface area contributed by atoms with E-state index < -0.39 is 148 Å². The lowest BCUT2D eigenvalue weighted by atomic mass is 9.72. The minimum absolute atomic E-state index is 0.128. The minimum Gasteiger partial charge on any atom is -0.427 e. The fraction of sp³-hybridized carbons (Fsp3) is 1.00. The van der Waals surface area contributed by atoms with E-state index in [4.69, 9.17) is 33.2 Å². The molecule has 23 unspecified atom stereocenters. The van der Waals surface area contributed by atoms with Crippen molar-refractivity contribution in [1.82, 2.24) is 0 Å². The molecule has 0 amide bonds. The summed E-state index contributed by atoms with van der Waals surface area (Å²) in [6.07, 6.45) is -25.5. The van der Waals surface area contributed by atoms with Crippen LogP contribution in [-0.2, 0) is 28.4 Å². The summed E-state index contributed by atoms with van der Waals surface area (Å²) in [5.41, 5.74) is 0. The molecule has 2 aliphatic carbocycles. The van der Waals surface area contributed by atoms with Crippen molar-refractivity contribution in [1.29, 1.82) is 0 Å². The maximum atomic E-state index is 11.4. The zero-order valence-corrected chi connectivity index (χ0v) is 28.2. The quantitative estimate of drug-likeness (QED) is 0.103. The first-order valence-electron chi connectivity index (χ1n) is 17.9. The SMILES string of the molecule is CC1OC(OCC2OC(OC3CC4C(O)CC(O)CC4[OH+]C3C3CCC(O)C(O)C3)C(OC3OCC(O)C(O)C3O)C(O)C2O)C(O)C(O)C1O. The van der Waals surface area contributed by atoms with Crippen molar-refractivity contribution in [2.45, 2.75) is 174 Å². The second-order valence-electron chi connectivity index (χ2n) is 15.1. The van der Waals surface area contributed by atoms with E-state index in [2.05, 4.69) is 0 Å². The molecule has 0 bridgehead atoms. The molecule has 23 atom stereocenters. The van der Waals surface area contributed by atoms with Gasteiger partial charge in [0, 0.05) is 18.8 Å². The number of hydrogen-bond donors (Lipinski definition) is 12. The van der Waals surface area contributed by atoms with Crippen LogP contribution in [-0.4, -0.2) is 208 Å². The van der Waals surface area contributed by atoms with E-state index in [1.807, 2.05) is 0 Å². The van der Waals surface area contributed by atoms with Crippen LogP contribution in [0.15, 0.2) is 0 Å². The Bertz CT molecular complexity index is 1120. The monoisotopic (exact) mass is 743 g/mol. The van der Waals surface area contributed by atoms with Crippen molar-refractivity contribution in [2.24, 2.45) is 11.8 Å². The standard InChI is InChI=1S/C32H54O19/c1-10-21(38)24(41)27(44)30(47-10)46-9-20-23(40)25(42)29(51-31-26(43)22(39)17(37)8-45-31)32(50-20)49-19-7-13-15(35)5-12(33)6-18(13)48-28(19)11-2-3-14(34)16(36)4-11/h10-44H,2-9H2,1H3/p+1. The number of ether oxygens (including phenoxy) is 7. The maximum absolute atomic E-state index is 11.4. The lowest BCUT2D eigenvalue weighted by molar-refractivity contribution is -0.385. The van der Waals surface area contributed by atoms with Gasteiger partial charge in [-0.25, -0.2) is 0 Å². The van der Waals surface area contributed by atoms with Crippen LogP contribution in [0.4, 0.5) is 0 Å². The molecule has 51 heavy (non-hydrogen) atoms. The van der Waals surface area contributed by atoms with E-state index in [1.165, 1.54) is 6.92 Å². The molecule has 13 N–H and O–H groups in total. The van der Waals surface area contributed by atoms with Gasteiger partial charge in [-0.15, -0.1) is 0 Å². The van der Waals surface area contributed by atoms with Gasteiger partial charge in [-0.3, -0.25) is 0 Å². The third-order valence-corrected chi connectivity index (χ3v) is 11.5. The molecule has 4 saturated heterocycles. The van der Waals surface area contributed by atoms with Crippen molar-refractivity contribution >= 4 is 0 Å². The summed E-state index contributed by atoms with van der Waals surface area (Å²) in [5, 5.41) is 126. The fourth-order valence-corrected chi connectivity index (χ4v) is 8.37. The van der Waals surface area contributed by atoms with Crippen molar-refractivity contribution < 1.29 is 94.4 Å². The Hall–Kier alpha value is -0.760. The summed E-state index contributed by atoms with van der Waals surface area (Å²) in [6.45, 7) is 0.509. The van der Waals surface area contributed by atoms with E-state index in [-0.39, 0.29) is 25.2 Å². The average molecular weight is 744 g/mol. The predicted octanol–water partition coefficient (Wildman–Crippen LogP) is -6.19. The van der Waals surface area contributed by atoms with Crippen molar-refractivity contribution in [3.63, 3.8) is 0 Å². The van der Waals surface area contributed by atoms with E-state index in [0.29, 0.717) is 19.3 Å². The molecule has 6 fully saturated rings. The third-order valence-electron chi connectivity index (χ3n) is 11.5. The van der Waals surface area contributed by atoms with Gasteiger partial charge in [0.25, 0.3) is 0 Å². The van der Waals surface area contributed by atoms with Gasteiger partial charge in [-0.05, 0) is 32.6 Å². The summed E-state index contributed by atoms with van der Waals surface area (Å²) < 4.78 is 40.1. The Morgan fingerprint density at radius 2 is 1.33 bits per heavy atom. The van der Waals surface area contributed by atoms with Crippen LogP contribution in [0.5, 0.6) is 0 Å². The average Bonchev–Trinajstić information content (AvgIpc) is 3.09. The highest BCUT2D eigenvalue weighted by Crippen LogP contribution is 2.42. The number of aliphatic hydroxyl groups is 14. The summed E-state index contributed by atoms with van der Waals surface area (Å²) in [5.74, 6) is -0.725. The molecular formula is C32H55O19+. The number of hydrogen-bond acceptors (Lipinski definition) is 18. The summed E-state index contributed by atoms with van der Waals surface area (Å²) in [7, 11) is 0. The molecule has 296 valence electrons. The second kappa shape index (κ2) is 16.5. The van der Waals surface area contributed by atoms with Crippen molar-refractivity contribution in [3.05, 3.63) is 0 Å². The molecule has 4 aliphatic heterocycles. The van der Waals surface area contributed by atoms with Crippen LogP contribution in [0.25, 0.3) is 0 Å². The number of rotatable bonds is 8. The van der Waals surface area contributed by atoms with Gasteiger partial charge in [-0.2, -0.15) is 0 Å². The van der Waals surface area contributed by atoms with Gasteiger partial charge in [0.2, 0.25) is 0 Å². The van der Waals surface area contributed by atoms with Crippen LogP contribution in [0.2, 0.25) is 0 Å². The lowest BCUT2D eigenvalue weighted by Gasteiger charge is -2.49. The predicted molar refractivity (Wildman–Crippen MR) is 165 cm³/mol. The summed E-state index contributed by atoms with van der Waals surface area (Å²) >= 11 is 0. The Kier molecular flexibility index (Phi) is 12.9. The van der Waals surface area contributed by atoms with Crippen molar-refractivity contribution in [2.75, 3.05) is 13.2 Å². The Balaban J connectivity index is 1.25. The van der Waals surface area contributed by atoms with Gasteiger partial charge >= 0.3 is 0 Å². The zero-order valence-electron chi connectivity index (χ0n) is 28.2. The topological polar surface area (TPSA) is 311 Å². The molecule has 19 heteroatoms. The van der Waals surface area contributed by atoms with Gasteiger partial charge in [0.05, 0.1) is 49.7 Å². The van der Waals surface area contributed by atoms with Crippen LogP contribution >= 0.6 is 0 Å². The largest absolute Gasteiger partial charge is 0.427 e. The Morgan fingerprint density at radius 3 is 2.06 bits per heavy atom. The van der Waals surface area contributed by atoms with Gasteiger partial charge < -0.3 is 94.4 Å². The Morgan fingerprint density at radius 1 is 0.608 bits per heavy atom. The molecule has 0 radical (unpaired) electrons. The molecular weight excluding hydrogens is 688 g/mol. The normalized spacial score (nSPS) is 55.6. The minimum atomic E-state index is -1.81. The van der Waals surface area contributed by atoms with Crippen LogP contribution in [0, 0.1) is 11.8 Å². The van der Waals surface area contributed by atoms with Crippen LogP contribution in [0.3, 0.4) is 0 Å². The first-order chi connectivity index (χ1) is 24.1. The third kappa shape index (κ3) is 8.42. The van der Waals surface area contributed by atoms with E-state index in [1.54, 1.807) is 0 Å². The summed E-state index contributed by atoms with van der Waals surface area (Å²) in [6, 6.07) is 0. The first kappa shape index (κ1) is 39.9. The molecule has 0 aromatic heterocycles. The van der Waals surface area contributed by atoms with Gasteiger partial charge in [0.15, 0.2) is 31.1 Å². The van der Waals surface area contributed by atoms with E-state index in [0.717, 1.165) is 0 Å². The molecule has 0 spiro atoms. The molecule has 4 heterocycles. The smallest absolute Gasteiger partial charge is 0.187 e. The van der Waals surface area contributed by atoms with Crippen LogP contribution < -0.4 is 0 Å². The molecule has 0 aromatic carbocycles. The van der Waals surface area contributed by atoms with Gasteiger partial charge in [0.1, 0.15) is 67.1 Å². The van der Waals surface area contributed by atoms with Crippen molar-refractivity contribution in [3.8, 4) is 0 Å². The fourth-order valence-electron chi connectivity index (χ4n) is 8.37. The molecule has 19 nitrogen and oxygen atoms in total. The lowest BCUT2D eigenvalue weighted by Crippen LogP contribution is -2.65. The van der Waals surface area contributed by atoms with E-state index in [9.17, 15) is 61.3 Å². The first-order valence-corrected chi connectivity index (χ1v) is 17.9. The highest BCUT2D eigenvalue weighted by molar-refractivity contribution is 4.99. The second-order valence-corrected chi connectivity index (χ2v) is 15.1. The maximum Gasteiger partial charge on any atom is 0.187 e. The molecule has 2 saturated carbocycles.